The number of benzene rings is 1. The van der Waals surface area contributed by atoms with E-state index in [-0.39, 0.29) is 35.7 Å². The summed E-state index contributed by atoms with van der Waals surface area (Å²) in [6.07, 6.45) is 15.7. The Kier molecular flexibility index (Phi) is 14.8. The van der Waals surface area contributed by atoms with E-state index in [2.05, 4.69) is 54.5 Å². The quantitative estimate of drug-likeness (QED) is 0.229. The maximum absolute atomic E-state index is 13.7. The van der Waals surface area contributed by atoms with Crippen LogP contribution < -0.4 is 0 Å². The molecule has 1 aromatic rings. The maximum atomic E-state index is 13.7. The molecule has 1 aromatic carbocycles. The summed E-state index contributed by atoms with van der Waals surface area (Å²) < 4.78 is 0. The van der Waals surface area contributed by atoms with E-state index in [9.17, 15) is 14.4 Å². The molecule has 40 heavy (non-hydrogen) atoms. The smallest absolute Gasteiger partial charge is 0.163 e. The number of fused-ring (bicyclic) bond motifs is 1. The van der Waals surface area contributed by atoms with E-state index in [4.69, 9.17) is 0 Å². The highest BCUT2D eigenvalue weighted by Gasteiger charge is 2.34. The van der Waals surface area contributed by atoms with Crippen molar-refractivity contribution in [3.8, 4) is 0 Å². The highest BCUT2D eigenvalue weighted by atomic mass is 16.1. The van der Waals surface area contributed by atoms with E-state index in [1.54, 1.807) is 0 Å². The summed E-state index contributed by atoms with van der Waals surface area (Å²) in [5, 5.41) is 0. The molecule has 226 valence electrons. The fourth-order valence-electron chi connectivity index (χ4n) is 7.50. The van der Waals surface area contributed by atoms with Crippen LogP contribution >= 0.6 is 0 Å². The van der Waals surface area contributed by atoms with Gasteiger partial charge in [0.1, 0.15) is 11.6 Å². The van der Waals surface area contributed by atoms with Crippen LogP contribution in [0.25, 0.3) is 0 Å². The largest absolute Gasteiger partial charge is 0.300 e. The molecule has 0 bridgehead atoms. The van der Waals surface area contributed by atoms with Crippen LogP contribution in [0.4, 0.5) is 0 Å². The third-order valence-electron chi connectivity index (χ3n) is 9.39. The molecule has 3 unspecified atom stereocenters. The summed E-state index contributed by atoms with van der Waals surface area (Å²) >= 11 is 0. The Morgan fingerprint density at radius 2 is 1.62 bits per heavy atom. The first-order chi connectivity index (χ1) is 19.1. The molecule has 3 atom stereocenters. The van der Waals surface area contributed by atoms with Gasteiger partial charge in [-0.25, -0.2) is 0 Å². The average molecular weight is 553 g/mol. The van der Waals surface area contributed by atoms with Crippen molar-refractivity contribution in [2.24, 2.45) is 23.7 Å². The van der Waals surface area contributed by atoms with Crippen molar-refractivity contribution in [3.05, 3.63) is 33.9 Å². The SMILES string of the molecule is CCC.CCCC(CC1CC(=O)c2c(C)c(CCC3CCCCC3)cc(C(C)C)c2C1)C(CC)C(=O)CC(C)=O. The van der Waals surface area contributed by atoms with E-state index < -0.39 is 0 Å². The lowest BCUT2D eigenvalue weighted by molar-refractivity contribution is -0.129. The van der Waals surface area contributed by atoms with E-state index in [0.717, 1.165) is 50.0 Å². The minimum absolute atomic E-state index is 0.0446. The Bertz CT molecular complexity index is 966. The van der Waals surface area contributed by atoms with Crippen molar-refractivity contribution in [1.29, 1.82) is 0 Å². The van der Waals surface area contributed by atoms with Gasteiger partial charge in [0.05, 0.1) is 6.42 Å². The molecule has 0 spiro atoms. The topological polar surface area (TPSA) is 51.2 Å². The van der Waals surface area contributed by atoms with Gasteiger partial charge in [0.15, 0.2) is 5.78 Å². The molecule has 2 aliphatic rings. The van der Waals surface area contributed by atoms with E-state index in [0.29, 0.717) is 18.1 Å². The summed E-state index contributed by atoms with van der Waals surface area (Å²) in [6, 6.07) is 2.44. The summed E-state index contributed by atoms with van der Waals surface area (Å²) in [6.45, 7) is 16.7. The Hall–Kier alpha value is -1.77. The fraction of sp³-hybridized carbons (Fsp3) is 0.757. The normalized spacial score (nSPS) is 19.0. The van der Waals surface area contributed by atoms with Gasteiger partial charge in [0.2, 0.25) is 0 Å². The molecule has 2 aliphatic carbocycles. The van der Waals surface area contributed by atoms with Gasteiger partial charge in [-0.3, -0.25) is 14.4 Å². The van der Waals surface area contributed by atoms with E-state index in [1.165, 1.54) is 74.1 Å². The van der Waals surface area contributed by atoms with Crippen molar-refractivity contribution in [2.75, 3.05) is 0 Å². The lowest BCUT2D eigenvalue weighted by Gasteiger charge is -2.34. The molecule has 0 amide bonds. The van der Waals surface area contributed by atoms with Gasteiger partial charge >= 0.3 is 0 Å². The molecular formula is C37H60O3. The second kappa shape index (κ2) is 17.2. The van der Waals surface area contributed by atoms with Gasteiger partial charge in [-0.05, 0) is 91.9 Å². The third-order valence-corrected chi connectivity index (χ3v) is 9.39. The van der Waals surface area contributed by atoms with Crippen molar-refractivity contribution in [2.45, 2.75) is 158 Å². The monoisotopic (exact) mass is 552 g/mol. The lowest BCUT2D eigenvalue weighted by atomic mass is 9.70. The van der Waals surface area contributed by atoms with Gasteiger partial charge in [0.25, 0.3) is 0 Å². The number of rotatable bonds is 13. The van der Waals surface area contributed by atoms with Gasteiger partial charge < -0.3 is 0 Å². The molecule has 0 aromatic heterocycles. The van der Waals surface area contributed by atoms with Crippen LogP contribution in [0.2, 0.25) is 0 Å². The molecule has 0 radical (unpaired) electrons. The number of hydrogen-bond donors (Lipinski definition) is 0. The molecule has 3 rings (SSSR count). The Morgan fingerprint density at radius 1 is 0.975 bits per heavy atom. The molecule has 0 heterocycles. The average Bonchev–Trinajstić information content (AvgIpc) is 2.89. The van der Waals surface area contributed by atoms with Crippen molar-refractivity contribution in [3.63, 3.8) is 0 Å². The molecule has 0 saturated heterocycles. The standard InChI is InChI=1S/C34H52O3.C3H8/c1-7-12-28(29(8-2)32(36)17-23(5)35)18-26-19-31-30(22(3)4)21-27(24(6)34(31)33(37)20-26)16-15-25-13-10-9-11-14-25;1-3-2/h21-22,25-26,28-29H,7-20H2,1-6H3;3H2,1-2H3. The zero-order valence-corrected chi connectivity index (χ0v) is 27.3. The predicted molar refractivity (Wildman–Crippen MR) is 169 cm³/mol. The van der Waals surface area contributed by atoms with Gasteiger partial charge in [-0.15, -0.1) is 0 Å². The summed E-state index contributed by atoms with van der Waals surface area (Å²) in [7, 11) is 0. The number of aryl methyl sites for hydroxylation is 1. The maximum Gasteiger partial charge on any atom is 0.163 e. The van der Waals surface area contributed by atoms with Crippen molar-refractivity contribution < 1.29 is 14.4 Å². The Balaban J connectivity index is 0.00000178. The summed E-state index contributed by atoms with van der Waals surface area (Å²) in [5.74, 6) is 2.05. The number of carbonyl (C=O) groups is 3. The van der Waals surface area contributed by atoms with E-state index >= 15 is 0 Å². The zero-order chi connectivity index (χ0) is 29.8. The molecule has 1 saturated carbocycles. The molecule has 0 aliphatic heterocycles. The van der Waals surface area contributed by atoms with Crippen molar-refractivity contribution >= 4 is 17.3 Å². The first-order valence-electron chi connectivity index (χ1n) is 16.8. The minimum atomic E-state index is -0.0752. The first kappa shape index (κ1) is 34.4. The van der Waals surface area contributed by atoms with Crippen LogP contribution in [0, 0.1) is 30.6 Å². The van der Waals surface area contributed by atoms with E-state index in [1.807, 2.05) is 0 Å². The molecular weight excluding hydrogens is 492 g/mol. The highest BCUT2D eigenvalue weighted by molar-refractivity contribution is 6.01. The number of ketones is 3. The predicted octanol–water partition coefficient (Wildman–Crippen LogP) is 10.2. The van der Waals surface area contributed by atoms with Gasteiger partial charge in [0, 0.05) is 17.9 Å². The summed E-state index contributed by atoms with van der Waals surface area (Å²) in [4.78, 5) is 38.3. The van der Waals surface area contributed by atoms with Gasteiger partial charge in [-0.2, -0.15) is 0 Å². The molecule has 3 nitrogen and oxygen atoms in total. The number of carbonyl (C=O) groups excluding carboxylic acids is 3. The molecule has 1 fully saturated rings. The van der Waals surface area contributed by atoms with Crippen LogP contribution in [0.15, 0.2) is 6.07 Å². The fourth-order valence-corrected chi connectivity index (χ4v) is 7.50. The summed E-state index contributed by atoms with van der Waals surface area (Å²) in [5.41, 5.74) is 6.29. The lowest BCUT2D eigenvalue weighted by Crippen LogP contribution is -2.30. The zero-order valence-electron chi connectivity index (χ0n) is 27.3. The second-order valence-electron chi connectivity index (χ2n) is 13.3. The van der Waals surface area contributed by atoms with Crippen LogP contribution in [-0.4, -0.2) is 17.3 Å². The third kappa shape index (κ3) is 9.66. The molecule has 0 N–H and O–H groups in total. The Labute approximate surface area is 246 Å². The Morgan fingerprint density at radius 3 is 2.17 bits per heavy atom. The van der Waals surface area contributed by atoms with Gasteiger partial charge in [-0.1, -0.05) is 99.0 Å². The van der Waals surface area contributed by atoms with Crippen LogP contribution in [0.1, 0.15) is 170 Å². The molecule has 3 heteroatoms. The number of hydrogen-bond acceptors (Lipinski definition) is 3. The van der Waals surface area contributed by atoms with Crippen LogP contribution in [-0.2, 0) is 22.4 Å². The second-order valence-corrected chi connectivity index (χ2v) is 13.3. The van der Waals surface area contributed by atoms with Crippen LogP contribution in [0.3, 0.4) is 0 Å². The number of Topliss-reactive ketones (excluding diaryl/α,β-unsaturated/α-hetero) is 3. The first-order valence-corrected chi connectivity index (χ1v) is 16.8. The van der Waals surface area contributed by atoms with Crippen LogP contribution in [0.5, 0.6) is 0 Å². The highest BCUT2D eigenvalue weighted by Crippen LogP contribution is 2.40. The minimum Gasteiger partial charge on any atom is -0.300 e. The van der Waals surface area contributed by atoms with Crippen molar-refractivity contribution in [1.82, 2.24) is 0 Å².